The first-order chi connectivity index (χ1) is 11.6. The molecule has 0 aliphatic rings. The highest BCUT2D eigenvalue weighted by Crippen LogP contribution is 2.20. The van der Waals surface area contributed by atoms with E-state index in [0.717, 1.165) is 16.4 Å². The molecule has 0 heterocycles. The number of nitrogens with one attached hydrogen (secondary N) is 1. The molecule has 2 aromatic carbocycles. The third-order valence-electron chi connectivity index (χ3n) is 3.15. The molecule has 1 atom stereocenters. The van der Waals surface area contributed by atoms with Gasteiger partial charge < -0.3 is 14.8 Å². The summed E-state index contributed by atoms with van der Waals surface area (Å²) in [6.07, 6.45) is 0. The van der Waals surface area contributed by atoms with E-state index in [4.69, 9.17) is 21.1 Å². The van der Waals surface area contributed by atoms with Crippen molar-refractivity contribution in [2.45, 2.75) is 17.9 Å². The van der Waals surface area contributed by atoms with Gasteiger partial charge in [0.25, 0.3) is 0 Å². The zero-order chi connectivity index (χ0) is 17.4. The van der Waals surface area contributed by atoms with Crippen LogP contribution in [-0.2, 0) is 4.79 Å². The third kappa shape index (κ3) is 6.34. The van der Waals surface area contributed by atoms with E-state index in [1.807, 2.05) is 55.5 Å². The van der Waals surface area contributed by atoms with E-state index in [-0.39, 0.29) is 11.9 Å². The zero-order valence-electron chi connectivity index (χ0n) is 13.6. The SMILES string of the molecule is COc1ccc(OCC(C)NC(=O)CSc2ccc(Cl)cc2)cc1. The number of ether oxygens (including phenoxy) is 2. The molecule has 2 aromatic rings. The molecule has 6 heteroatoms. The van der Waals surface area contributed by atoms with Crippen molar-refractivity contribution in [2.75, 3.05) is 19.5 Å². The van der Waals surface area contributed by atoms with Crippen molar-refractivity contribution in [1.82, 2.24) is 5.32 Å². The van der Waals surface area contributed by atoms with Crippen molar-refractivity contribution in [3.8, 4) is 11.5 Å². The summed E-state index contributed by atoms with van der Waals surface area (Å²) in [4.78, 5) is 13.0. The molecule has 0 saturated heterocycles. The molecule has 0 aliphatic carbocycles. The Kier molecular flexibility index (Phi) is 7.28. The first-order valence-electron chi connectivity index (χ1n) is 7.51. The first-order valence-corrected chi connectivity index (χ1v) is 8.88. The maximum absolute atomic E-state index is 12.0. The molecule has 1 unspecified atom stereocenters. The molecular weight excluding hydrogens is 346 g/mol. The van der Waals surface area contributed by atoms with Crippen LogP contribution in [0.25, 0.3) is 0 Å². The van der Waals surface area contributed by atoms with Crippen LogP contribution in [0, 0.1) is 0 Å². The van der Waals surface area contributed by atoms with Gasteiger partial charge in [-0.3, -0.25) is 4.79 Å². The van der Waals surface area contributed by atoms with Crippen molar-refractivity contribution in [3.63, 3.8) is 0 Å². The molecule has 4 nitrogen and oxygen atoms in total. The van der Waals surface area contributed by atoms with E-state index in [2.05, 4.69) is 5.32 Å². The number of carbonyl (C=O) groups excluding carboxylic acids is 1. The summed E-state index contributed by atoms with van der Waals surface area (Å²) in [6.45, 7) is 2.32. The van der Waals surface area contributed by atoms with Crippen LogP contribution in [0.5, 0.6) is 11.5 Å². The van der Waals surface area contributed by atoms with Crippen LogP contribution in [0.4, 0.5) is 0 Å². The van der Waals surface area contributed by atoms with Crippen molar-refractivity contribution >= 4 is 29.3 Å². The lowest BCUT2D eigenvalue weighted by Crippen LogP contribution is -2.37. The number of halogens is 1. The molecule has 0 spiro atoms. The maximum Gasteiger partial charge on any atom is 0.230 e. The van der Waals surface area contributed by atoms with E-state index < -0.39 is 0 Å². The third-order valence-corrected chi connectivity index (χ3v) is 4.41. The minimum absolute atomic E-state index is 0.0271. The lowest BCUT2D eigenvalue weighted by atomic mass is 10.3. The highest BCUT2D eigenvalue weighted by Gasteiger charge is 2.09. The van der Waals surface area contributed by atoms with E-state index in [1.54, 1.807) is 7.11 Å². The van der Waals surface area contributed by atoms with Gasteiger partial charge in [-0.2, -0.15) is 0 Å². The smallest absolute Gasteiger partial charge is 0.230 e. The number of rotatable bonds is 8. The Bertz CT molecular complexity index is 646. The van der Waals surface area contributed by atoms with E-state index >= 15 is 0 Å². The number of methoxy groups -OCH3 is 1. The molecule has 0 aliphatic heterocycles. The summed E-state index contributed by atoms with van der Waals surface area (Å²) >= 11 is 7.31. The second-order valence-electron chi connectivity index (χ2n) is 5.20. The Morgan fingerprint density at radius 3 is 2.38 bits per heavy atom. The number of thioether (sulfide) groups is 1. The highest BCUT2D eigenvalue weighted by molar-refractivity contribution is 8.00. The number of hydrogen-bond donors (Lipinski definition) is 1. The molecule has 0 radical (unpaired) electrons. The molecule has 1 N–H and O–H groups in total. The van der Waals surface area contributed by atoms with E-state index in [1.165, 1.54) is 11.8 Å². The Morgan fingerprint density at radius 2 is 1.75 bits per heavy atom. The molecule has 0 fully saturated rings. The second kappa shape index (κ2) is 9.45. The molecule has 0 saturated carbocycles. The number of carbonyl (C=O) groups is 1. The van der Waals surface area contributed by atoms with Crippen molar-refractivity contribution in [2.24, 2.45) is 0 Å². The van der Waals surface area contributed by atoms with Crippen LogP contribution < -0.4 is 14.8 Å². The standard InChI is InChI=1S/C18H20ClNO3S/c1-13(11-23-16-7-5-15(22-2)6-8-16)20-18(21)12-24-17-9-3-14(19)4-10-17/h3-10,13H,11-12H2,1-2H3,(H,20,21). The molecule has 128 valence electrons. The molecule has 1 amide bonds. The van der Waals surface area contributed by atoms with Crippen LogP contribution in [0.3, 0.4) is 0 Å². The van der Waals surface area contributed by atoms with E-state index in [9.17, 15) is 4.79 Å². The molecule has 0 aromatic heterocycles. The minimum Gasteiger partial charge on any atom is -0.497 e. The summed E-state index contributed by atoms with van der Waals surface area (Å²) in [6, 6.07) is 14.7. The van der Waals surface area contributed by atoms with Crippen molar-refractivity contribution in [3.05, 3.63) is 53.6 Å². The average Bonchev–Trinajstić information content (AvgIpc) is 2.60. The van der Waals surface area contributed by atoms with Gasteiger partial charge in [0, 0.05) is 9.92 Å². The zero-order valence-corrected chi connectivity index (χ0v) is 15.2. The lowest BCUT2D eigenvalue weighted by Gasteiger charge is -2.15. The summed E-state index contributed by atoms with van der Waals surface area (Å²) in [5, 5.41) is 3.61. The quantitative estimate of drug-likeness (QED) is 0.717. The van der Waals surface area contributed by atoms with Gasteiger partial charge in [0.2, 0.25) is 5.91 Å². The summed E-state index contributed by atoms with van der Waals surface area (Å²) in [5.74, 6) is 1.85. The minimum atomic E-state index is -0.0783. The lowest BCUT2D eigenvalue weighted by molar-refractivity contribution is -0.119. The summed E-state index contributed by atoms with van der Waals surface area (Å²) < 4.78 is 10.7. The Morgan fingerprint density at radius 1 is 1.12 bits per heavy atom. The van der Waals surface area contributed by atoms with Crippen LogP contribution >= 0.6 is 23.4 Å². The van der Waals surface area contributed by atoms with Gasteiger partial charge in [-0.1, -0.05) is 11.6 Å². The summed E-state index contributed by atoms with van der Waals surface area (Å²) in [7, 11) is 1.62. The van der Waals surface area contributed by atoms with Gasteiger partial charge in [-0.25, -0.2) is 0 Å². The maximum atomic E-state index is 12.0. The summed E-state index contributed by atoms with van der Waals surface area (Å²) in [5.41, 5.74) is 0. The van der Waals surface area contributed by atoms with Gasteiger partial charge in [0.1, 0.15) is 18.1 Å². The van der Waals surface area contributed by atoms with Gasteiger partial charge >= 0.3 is 0 Å². The van der Waals surface area contributed by atoms with Crippen LogP contribution in [-0.4, -0.2) is 31.4 Å². The normalized spacial score (nSPS) is 11.6. The van der Waals surface area contributed by atoms with Gasteiger partial charge in [0.05, 0.1) is 18.9 Å². The molecule has 2 rings (SSSR count). The fraction of sp³-hybridized carbons (Fsp3) is 0.278. The highest BCUT2D eigenvalue weighted by atomic mass is 35.5. The van der Waals surface area contributed by atoms with E-state index in [0.29, 0.717) is 17.4 Å². The Balaban J connectivity index is 1.69. The van der Waals surface area contributed by atoms with Crippen LogP contribution in [0.2, 0.25) is 5.02 Å². The number of benzene rings is 2. The molecule has 0 bridgehead atoms. The monoisotopic (exact) mass is 365 g/mol. The number of amides is 1. The van der Waals surface area contributed by atoms with Gasteiger partial charge in [0.15, 0.2) is 0 Å². The first kappa shape index (κ1) is 18.5. The predicted octanol–water partition coefficient (Wildman–Crippen LogP) is 4.02. The topological polar surface area (TPSA) is 47.6 Å². The largest absolute Gasteiger partial charge is 0.497 e. The Labute approximate surface area is 151 Å². The van der Waals surface area contributed by atoms with Crippen molar-refractivity contribution < 1.29 is 14.3 Å². The van der Waals surface area contributed by atoms with Crippen LogP contribution in [0.15, 0.2) is 53.4 Å². The fourth-order valence-corrected chi connectivity index (χ4v) is 2.77. The average molecular weight is 366 g/mol. The van der Waals surface area contributed by atoms with Crippen molar-refractivity contribution in [1.29, 1.82) is 0 Å². The van der Waals surface area contributed by atoms with Crippen LogP contribution in [0.1, 0.15) is 6.92 Å². The van der Waals surface area contributed by atoms with Gasteiger partial charge in [-0.15, -0.1) is 11.8 Å². The molecule has 24 heavy (non-hydrogen) atoms. The second-order valence-corrected chi connectivity index (χ2v) is 6.68. The molecular formula is C18H20ClNO3S. The fourth-order valence-electron chi connectivity index (χ4n) is 1.93. The Hall–Kier alpha value is -1.85. The van der Waals surface area contributed by atoms with Gasteiger partial charge in [-0.05, 0) is 55.5 Å². The number of hydrogen-bond acceptors (Lipinski definition) is 4. The predicted molar refractivity (Wildman–Crippen MR) is 98.3 cm³/mol.